The van der Waals surface area contributed by atoms with Gasteiger partial charge in [0.25, 0.3) is 0 Å². The Labute approximate surface area is 127 Å². The number of rotatable bonds is 9. The molecule has 0 aliphatic heterocycles. The summed E-state index contributed by atoms with van der Waals surface area (Å²) in [6, 6.07) is 5.87. The van der Waals surface area contributed by atoms with E-state index in [-0.39, 0.29) is 5.41 Å². The van der Waals surface area contributed by atoms with E-state index in [4.69, 9.17) is 9.47 Å². The van der Waals surface area contributed by atoms with Gasteiger partial charge in [0.2, 0.25) is 0 Å². The van der Waals surface area contributed by atoms with E-state index in [9.17, 15) is 0 Å². The van der Waals surface area contributed by atoms with Gasteiger partial charge < -0.3 is 9.47 Å². The molecule has 1 aliphatic rings. The van der Waals surface area contributed by atoms with Crippen LogP contribution in [0.1, 0.15) is 40.5 Å². The van der Waals surface area contributed by atoms with Crippen molar-refractivity contribution in [3.8, 4) is 0 Å². The molecule has 1 saturated carbocycles. The predicted octanol–water partition coefficient (Wildman–Crippen LogP) is 4.82. The van der Waals surface area contributed by atoms with Gasteiger partial charge in [0.1, 0.15) is 0 Å². The van der Waals surface area contributed by atoms with E-state index < -0.39 is 8.07 Å². The lowest BCUT2D eigenvalue weighted by atomic mass is 9.87. The van der Waals surface area contributed by atoms with E-state index in [1.165, 1.54) is 37.0 Å². The Morgan fingerprint density at radius 2 is 1.45 bits per heavy atom. The maximum absolute atomic E-state index is 5.52. The van der Waals surface area contributed by atoms with E-state index in [0.717, 1.165) is 25.0 Å². The molecule has 1 aliphatic carbocycles. The predicted molar refractivity (Wildman–Crippen MR) is 90.1 cm³/mol. The van der Waals surface area contributed by atoms with Gasteiger partial charge in [-0.3, -0.25) is 0 Å². The zero-order valence-corrected chi connectivity index (χ0v) is 15.6. The highest BCUT2D eigenvalue weighted by Crippen LogP contribution is 2.50. The van der Waals surface area contributed by atoms with E-state index >= 15 is 0 Å². The Kier molecular flexibility index (Phi) is 7.23. The molecule has 0 amide bonds. The van der Waals surface area contributed by atoms with Crippen molar-refractivity contribution in [3.63, 3.8) is 0 Å². The van der Waals surface area contributed by atoms with Crippen LogP contribution in [0.2, 0.25) is 24.2 Å². The molecule has 0 spiro atoms. The molecule has 0 bridgehead atoms. The van der Waals surface area contributed by atoms with E-state index in [2.05, 4.69) is 27.7 Å². The highest BCUT2D eigenvalue weighted by atomic mass is 28.3. The van der Waals surface area contributed by atoms with Gasteiger partial charge in [0.15, 0.2) is 0 Å². The van der Waals surface area contributed by atoms with Gasteiger partial charge in [0, 0.05) is 19.6 Å². The van der Waals surface area contributed by atoms with E-state index in [0.29, 0.717) is 0 Å². The first-order valence-corrected chi connectivity index (χ1v) is 11.3. The molecule has 2 nitrogen and oxygen atoms in total. The highest BCUT2D eigenvalue weighted by Gasteiger charge is 2.45. The van der Waals surface area contributed by atoms with E-state index in [1.807, 2.05) is 14.2 Å². The molecule has 0 aromatic heterocycles. The van der Waals surface area contributed by atoms with Crippen LogP contribution in [0.25, 0.3) is 0 Å². The summed E-state index contributed by atoms with van der Waals surface area (Å²) in [6.45, 7) is 11.5. The van der Waals surface area contributed by atoms with Crippen LogP contribution in [0.5, 0.6) is 0 Å². The molecule has 20 heavy (non-hydrogen) atoms. The van der Waals surface area contributed by atoms with Crippen molar-refractivity contribution in [2.45, 2.75) is 64.7 Å². The Hall–Kier alpha value is 0.137. The quantitative estimate of drug-likeness (QED) is 0.568. The van der Waals surface area contributed by atoms with Gasteiger partial charge in [-0.05, 0) is 24.7 Å². The van der Waals surface area contributed by atoms with Crippen LogP contribution in [0.15, 0.2) is 0 Å². The maximum atomic E-state index is 5.52. The molecule has 2 atom stereocenters. The molecular formula is C17H36O2Si. The minimum Gasteiger partial charge on any atom is -0.384 e. The molecule has 0 radical (unpaired) electrons. The largest absolute Gasteiger partial charge is 0.384 e. The second-order valence-electron chi connectivity index (χ2n) is 7.28. The third-order valence-electron chi connectivity index (χ3n) is 6.10. The Morgan fingerprint density at radius 1 is 0.950 bits per heavy atom. The number of hydrogen-bond donors (Lipinski definition) is 0. The zero-order chi connectivity index (χ0) is 15.2. The van der Waals surface area contributed by atoms with Crippen molar-refractivity contribution in [1.82, 2.24) is 0 Å². The minimum atomic E-state index is -1.01. The summed E-state index contributed by atoms with van der Waals surface area (Å²) < 4.78 is 11.0. The molecule has 0 aromatic rings. The van der Waals surface area contributed by atoms with Crippen molar-refractivity contribution in [2.24, 2.45) is 17.3 Å². The molecule has 1 rings (SSSR count). The lowest BCUT2D eigenvalue weighted by molar-refractivity contribution is 0.0110. The summed E-state index contributed by atoms with van der Waals surface area (Å²) in [5, 5.41) is 0. The molecular weight excluding hydrogens is 264 g/mol. The molecule has 0 saturated heterocycles. The lowest BCUT2D eigenvalue weighted by Crippen LogP contribution is -2.35. The molecule has 0 N–H and O–H groups in total. The van der Waals surface area contributed by atoms with Gasteiger partial charge in [-0.1, -0.05) is 51.9 Å². The second kappa shape index (κ2) is 7.95. The summed E-state index contributed by atoms with van der Waals surface area (Å²) in [7, 11) is 2.65. The number of hydrogen-bond acceptors (Lipinski definition) is 2. The average molecular weight is 301 g/mol. The smallest absolute Gasteiger partial charge is 0.0540 e. The molecule has 0 heterocycles. The van der Waals surface area contributed by atoms with Crippen LogP contribution in [-0.4, -0.2) is 35.5 Å². The molecule has 0 unspecified atom stereocenters. The van der Waals surface area contributed by atoms with E-state index in [1.54, 1.807) is 0 Å². The van der Waals surface area contributed by atoms with Gasteiger partial charge in [0.05, 0.1) is 21.3 Å². The van der Waals surface area contributed by atoms with Crippen molar-refractivity contribution in [2.75, 3.05) is 27.4 Å². The summed E-state index contributed by atoms with van der Waals surface area (Å²) in [5.41, 5.74) is 0.281. The first kappa shape index (κ1) is 18.2. The summed E-state index contributed by atoms with van der Waals surface area (Å²) in [5.74, 6) is 1.73. The SMILES string of the molecule is CC[Si](CC)(CC)C[C@@H]1CC(COC)(COC)C[C@H]1C. The molecule has 0 aromatic carbocycles. The summed E-state index contributed by atoms with van der Waals surface area (Å²) >= 11 is 0. The first-order chi connectivity index (χ1) is 9.50. The van der Waals surface area contributed by atoms with Crippen LogP contribution in [0.3, 0.4) is 0 Å². The Balaban J connectivity index is 2.77. The standard InChI is InChI=1S/C17H36O2Si/c1-7-20(8-2,9-3)12-16-11-17(13-18-5,14-19-6)10-15(16)4/h15-16H,7-14H2,1-6H3/t15-,16+/m1/s1. The normalized spacial score (nSPS) is 26.1. The third-order valence-corrected chi connectivity index (χ3v) is 12.0. The average Bonchev–Trinajstić information content (AvgIpc) is 2.73. The van der Waals surface area contributed by atoms with Crippen molar-refractivity contribution in [1.29, 1.82) is 0 Å². The summed E-state index contributed by atoms with van der Waals surface area (Å²) in [4.78, 5) is 0. The molecule has 120 valence electrons. The zero-order valence-electron chi connectivity index (χ0n) is 14.6. The fourth-order valence-electron chi connectivity index (χ4n) is 4.59. The van der Waals surface area contributed by atoms with Gasteiger partial charge in [-0.25, -0.2) is 0 Å². The minimum absolute atomic E-state index is 0.281. The number of methoxy groups -OCH3 is 2. The van der Waals surface area contributed by atoms with Gasteiger partial charge in [-0.2, -0.15) is 0 Å². The van der Waals surface area contributed by atoms with Crippen LogP contribution in [0.4, 0.5) is 0 Å². The maximum Gasteiger partial charge on any atom is 0.0540 e. The van der Waals surface area contributed by atoms with Crippen LogP contribution in [0, 0.1) is 17.3 Å². The van der Waals surface area contributed by atoms with Gasteiger partial charge in [-0.15, -0.1) is 0 Å². The van der Waals surface area contributed by atoms with Crippen LogP contribution in [-0.2, 0) is 9.47 Å². The Morgan fingerprint density at radius 3 is 1.85 bits per heavy atom. The molecule has 1 fully saturated rings. The van der Waals surface area contributed by atoms with Crippen molar-refractivity contribution < 1.29 is 9.47 Å². The number of ether oxygens (including phenoxy) is 2. The first-order valence-electron chi connectivity index (χ1n) is 8.48. The van der Waals surface area contributed by atoms with Crippen LogP contribution < -0.4 is 0 Å². The third kappa shape index (κ3) is 4.08. The second-order valence-corrected chi connectivity index (χ2v) is 12.8. The lowest BCUT2D eigenvalue weighted by Gasteiger charge is -2.33. The van der Waals surface area contributed by atoms with Crippen molar-refractivity contribution in [3.05, 3.63) is 0 Å². The van der Waals surface area contributed by atoms with Crippen LogP contribution >= 0.6 is 0 Å². The van der Waals surface area contributed by atoms with Gasteiger partial charge >= 0.3 is 0 Å². The van der Waals surface area contributed by atoms with Crippen molar-refractivity contribution >= 4 is 8.07 Å². The fourth-order valence-corrected chi connectivity index (χ4v) is 8.62. The fraction of sp³-hybridized carbons (Fsp3) is 1.00. The summed E-state index contributed by atoms with van der Waals surface area (Å²) in [6.07, 6.45) is 2.59. The topological polar surface area (TPSA) is 18.5 Å². The molecule has 3 heteroatoms. The monoisotopic (exact) mass is 300 g/mol. The Bertz CT molecular complexity index is 262. The highest BCUT2D eigenvalue weighted by molar-refractivity contribution is 6.79.